The fraction of sp³-hybridized carbons (Fsp3) is 0.688. The molecule has 1 rings (SSSR count). The first-order chi connectivity index (χ1) is 10.3. The highest BCUT2D eigenvalue weighted by atomic mass is 32.1. The number of nitrogens with zero attached hydrogens (tertiary/aromatic N) is 1. The third-order valence-corrected chi connectivity index (χ3v) is 4.07. The highest BCUT2D eigenvalue weighted by Gasteiger charge is 2.21. The van der Waals surface area contributed by atoms with Crippen LogP contribution >= 0.6 is 11.3 Å². The second-order valence-corrected chi connectivity index (χ2v) is 7.13. The van der Waals surface area contributed by atoms with E-state index in [9.17, 15) is 4.79 Å². The number of carbonyl (C=O) groups is 1. The van der Waals surface area contributed by atoms with Crippen molar-refractivity contribution in [3.63, 3.8) is 0 Å². The first kappa shape index (κ1) is 18.9. The van der Waals surface area contributed by atoms with Crippen LogP contribution in [0.25, 0.3) is 0 Å². The highest BCUT2D eigenvalue weighted by Crippen LogP contribution is 2.17. The predicted octanol–water partition coefficient (Wildman–Crippen LogP) is 3.28. The van der Waals surface area contributed by atoms with Gasteiger partial charge in [0, 0.05) is 37.7 Å². The predicted molar refractivity (Wildman–Crippen MR) is 90.4 cm³/mol. The van der Waals surface area contributed by atoms with Crippen LogP contribution in [0.3, 0.4) is 0 Å². The Hall–Kier alpha value is -1.11. The largest absolute Gasteiger partial charge is 0.444 e. The normalized spacial score (nSPS) is 13.0. The quantitative estimate of drug-likeness (QED) is 0.795. The summed E-state index contributed by atoms with van der Waals surface area (Å²) >= 11 is 1.73. The van der Waals surface area contributed by atoms with E-state index in [0.717, 1.165) is 0 Å². The molecule has 22 heavy (non-hydrogen) atoms. The smallest absolute Gasteiger partial charge is 0.410 e. The van der Waals surface area contributed by atoms with Gasteiger partial charge in [-0.15, -0.1) is 11.3 Å². The molecule has 0 aliphatic heterocycles. The summed E-state index contributed by atoms with van der Waals surface area (Å²) < 4.78 is 10.5. The van der Waals surface area contributed by atoms with E-state index in [2.05, 4.69) is 23.7 Å². The van der Waals surface area contributed by atoms with Crippen LogP contribution in [0.1, 0.15) is 38.6 Å². The van der Waals surface area contributed by atoms with E-state index in [1.54, 1.807) is 23.3 Å². The minimum absolute atomic E-state index is 0.280. The Bertz CT molecular complexity index is 429. The van der Waals surface area contributed by atoms with Gasteiger partial charge in [0.15, 0.2) is 0 Å². The van der Waals surface area contributed by atoms with Gasteiger partial charge < -0.3 is 19.7 Å². The van der Waals surface area contributed by atoms with E-state index in [-0.39, 0.29) is 12.1 Å². The van der Waals surface area contributed by atoms with E-state index in [0.29, 0.717) is 26.2 Å². The highest BCUT2D eigenvalue weighted by molar-refractivity contribution is 7.10. The summed E-state index contributed by atoms with van der Waals surface area (Å²) in [6, 6.07) is 4.44. The van der Waals surface area contributed by atoms with Crippen LogP contribution in [0, 0.1) is 0 Å². The van der Waals surface area contributed by atoms with Crippen molar-refractivity contribution < 1.29 is 14.3 Å². The van der Waals surface area contributed by atoms with Crippen molar-refractivity contribution in [2.45, 2.75) is 39.3 Å². The van der Waals surface area contributed by atoms with Crippen molar-refractivity contribution in [2.24, 2.45) is 0 Å². The summed E-state index contributed by atoms with van der Waals surface area (Å²) in [6.45, 7) is 10.1. The molecule has 0 radical (unpaired) electrons. The Kier molecular flexibility index (Phi) is 7.85. The molecule has 0 saturated heterocycles. The first-order valence-electron chi connectivity index (χ1n) is 7.57. The lowest BCUT2D eigenvalue weighted by Gasteiger charge is -2.27. The van der Waals surface area contributed by atoms with Crippen molar-refractivity contribution >= 4 is 17.4 Å². The van der Waals surface area contributed by atoms with Gasteiger partial charge in [-0.3, -0.25) is 0 Å². The van der Waals surface area contributed by atoms with Crippen molar-refractivity contribution in [1.29, 1.82) is 0 Å². The van der Waals surface area contributed by atoms with Crippen LogP contribution in [-0.2, 0) is 9.47 Å². The molecular weight excluding hydrogens is 300 g/mol. The number of rotatable bonds is 8. The lowest BCUT2D eigenvalue weighted by atomic mass is 10.2. The third kappa shape index (κ3) is 7.24. The summed E-state index contributed by atoms with van der Waals surface area (Å²) in [5, 5.41) is 5.50. The van der Waals surface area contributed by atoms with E-state index in [1.165, 1.54) is 4.88 Å². The first-order valence-corrected chi connectivity index (χ1v) is 8.45. The molecule has 6 heteroatoms. The van der Waals surface area contributed by atoms with Gasteiger partial charge in [-0.2, -0.15) is 0 Å². The number of nitrogens with one attached hydrogen (secondary N) is 1. The van der Waals surface area contributed by atoms with Crippen LogP contribution in [0.4, 0.5) is 4.79 Å². The molecule has 5 nitrogen and oxygen atoms in total. The molecule has 0 aliphatic carbocycles. The summed E-state index contributed by atoms with van der Waals surface area (Å²) in [7, 11) is 1.63. The van der Waals surface area contributed by atoms with E-state index >= 15 is 0 Å². The van der Waals surface area contributed by atoms with Crippen LogP contribution < -0.4 is 5.32 Å². The monoisotopic (exact) mass is 328 g/mol. The molecule has 0 aliphatic rings. The summed E-state index contributed by atoms with van der Waals surface area (Å²) in [5.74, 6) is 0. The Labute approximate surface area is 137 Å². The Morgan fingerprint density at radius 1 is 1.41 bits per heavy atom. The zero-order valence-corrected chi connectivity index (χ0v) is 15.0. The molecule has 0 aromatic carbocycles. The van der Waals surface area contributed by atoms with Gasteiger partial charge in [0.2, 0.25) is 0 Å². The second kappa shape index (κ2) is 9.12. The van der Waals surface area contributed by atoms with E-state index in [1.807, 2.05) is 26.8 Å². The fourth-order valence-electron chi connectivity index (χ4n) is 1.88. The standard InChI is InChI=1S/C16H28N2O3S/c1-13(14-7-6-12-22-14)17-8-9-18(10-11-20-5)15(19)21-16(2,3)4/h6-7,12-13,17H,8-11H2,1-5H3. The van der Waals surface area contributed by atoms with Crippen molar-refractivity contribution in [2.75, 3.05) is 33.4 Å². The number of hydrogen-bond acceptors (Lipinski definition) is 5. The number of carbonyl (C=O) groups excluding carboxylic acids is 1. The van der Waals surface area contributed by atoms with Gasteiger partial charge >= 0.3 is 6.09 Å². The van der Waals surface area contributed by atoms with Crippen LogP contribution in [0.5, 0.6) is 0 Å². The van der Waals surface area contributed by atoms with Crippen molar-refractivity contribution in [3.8, 4) is 0 Å². The van der Waals surface area contributed by atoms with Crippen LogP contribution in [0.2, 0.25) is 0 Å². The maximum absolute atomic E-state index is 12.2. The van der Waals surface area contributed by atoms with Gasteiger partial charge in [0.25, 0.3) is 0 Å². The average molecular weight is 328 g/mol. The van der Waals surface area contributed by atoms with Gasteiger partial charge in [-0.1, -0.05) is 6.07 Å². The topological polar surface area (TPSA) is 50.8 Å². The Balaban J connectivity index is 2.45. The Morgan fingerprint density at radius 3 is 2.68 bits per heavy atom. The molecular formula is C16H28N2O3S. The molecule has 0 fully saturated rings. The third-order valence-electron chi connectivity index (χ3n) is 3.02. The maximum Gasteiger partial charge on any atom is 0.410 e. The minimum atomic E-state index is -0.486. The number of hydrogen-bond donors (Lipinski definition) is 1. The van der Waals surface area contributed by atoms with Gasteiger partial charge in [0.05, 0.1) is 6.61 Å². The lowest BCUT2D eigenvalue weighted by Crippen LogP contribution is -2.42. The molecule has 1 amide bonds. The van der Waals surface area contributed by atoms with Crippen molar-refractivity contribution in [3.05, 3.63) is 22.4 Å². The SMILES string of the molecule is COCCN(CCNC(C)c1cccs1)C(=O)OC(C)(C)C. The van der Waals surface area contributed by atoms with Gasteiger partial charge in [-0.25, -0.2) is 4.79 Å². The molecule has 1 unspecified atom stereocenters. The van der Waals surface area contributed by atoms with E-state index in [4.69, 9.17) is 9.47 Å². The number of methoxy groups -OCH3 is 1. The molecule has 126 valence electrons. The summed E-state index contributed by atoms with van der Waals surface area (Å²) in [4.78, 5) is 15.2. The van der Waals surface area contributed by atoms with Gasteiger partial charge in [0.1, 0.15) is 5.60 Å². The maximum atomic E-state index is 12.2. The average Bonchev–Trinajstić information content (AvgIpc) is 2.94. The molecule has 1 atom stereocenters. The zero-order chi connectivity index (χ0) is 16.6. The molecule has 1 N–H and O–H groups in total. The van der Waals surface area contributed by atoms with Crippen LogP contribution in [0.15, 0.2) is 17.5 Å². The molecule has 1 heterocycles. The minimum Gasteiger partial charge on any atom is -0.444 e. The number of amides is 1. The van der Waals surface area contributed by atoms with Gasteiger partial charge in [-0.05, 0) is 39.1 Å². The van der Waals surface area contributed by atoms with Crippen LogP contribution in [-0.4, -0.2) is 49.9 Å². The molecule has 0 spiro atoms. The lowest BCUT2D eigenvalue weighted by molar-refractivity contribution is 0.0203. The Morgan fingerprint density at radius 2 is 2.14 bits per heavy atom. The molecule has 0 bridgehead atoms. The zero-order valence-electron chi connectivity index (χ0n) is 14.2. The van der Waals surface area contributed by atoms with E-state index < -0.39 is 5.60 Å². The number of thiophene rings is 1. The summed E-state index contributed by atoms with van der Waals surface area (Å²) in [5.41, 5.74) is -0.486. The molecule has 0 saturated carbocycles. The molecule has 1 aromatic rings. The van der Waals surface area contributed by atoms with Crippen molar-refractivity contribution in [1.82, 2.24) is 10.2 Å². The molecule has 1 aromatic heterocycles. The number of ether oxygens (including phenoxy) is 2. The second-order valence-electron chi connectivity index (χ2n) is 6.15. The fourth-order valence-corrected chi connectivity index (χ4v) is 2.64. The summed E-state index contributed by atoms with van der Waals surface area (Å²) in [6.07, 6.45) is -0.296.